The van der Waals surface area contributed by atoms with Crippen LogP contribution in [0.2, 0.25) is 0 Å². The number of imidazole rings is 3. The van der Waals surface area contributed by atoms with Gasteiger partial charge in [0.2, 0.25) is 5.91 Å². The molecule has 0 aliphatic heterocycles. The zero-order chi connectivity index (χ0) is 45.2. The molecule has 322 valence electrons. The number of carbonyl (C=O) groups excluding carboxylic acids is 4. The molecule has 15 nitrogen and oxygen atoms in total. The number of rotatable bonds is 9. The van der Waals surface area contributed by atoms with Gasteiger partial charge in [-0.1, -0.05) is 80.6 Å². The number of fused-ring (bicyclic) bond motifs is 3. The normalized spacial score (nSPS) is 11.2. The van der Waals surface area contributed by atoms with Crippen LogP contribution in [0.3, 0.4) is 0 Å². The maximum absolute atomic E-state index is 12.2. The van der Waals surface area contributed by atoms with Crippen molar-refractivity contribution < 1.29 is 24.3 Å². The van der Waals surface area contributed by atoms with Gasteiger partial charge in [-0.3, -0.25) is 19.2 Å². The Hall–Kier alpha value is -8.43. The molecule has 64 heavy (non-hydrogen) atoms. The Labute approximate surface area is 368 Å². The van der Waals surface area contributed by atoms with E-state index in [1.165, 1.54) is 12.5 Å². The summed E-state index contributed by atoms with van der Waals surface area (Å²) in [6.07, 6.45) is 9.98. The van der Waals surface area contributed by atoms with Gasteiger partial charge >= 0.3 is 0 Å². The summed E-state index contributed by atoms with van der Waals surface area (Å²) >= 11 is 0. The molecule has 0 spiro atoms. The highest BCUT2D eigenvalue weighted by Gasteiger charge is 2.14. The summed E-state index contributed by atoms with van der Waals surface area (Å²) in [6, 6.07) is 38.8. The van der Waals surface area contributed by atoms with Gasteiger partial charge in [-0.25, -0.2) is 15.0 Å². The van der Waals surface area contributed by atoms with E-state index in [-0.39, 0.29) is 23.6 Å². The van der Waals surface area contributed by atoms with Crippen LogP contribution in [0, 0.1) is 0 Å². The molecule has 0 saturated carbocycles. The molecule has 0 radical (unpaired) electrons. The topological polar surface area (TPSA) is 189 Å². The number of aromatic nitrogens is 6. The Morgan fingerprint density at radius 3 is 1.17 bits per heavy atom. The lowest BCUT2D eigenvalue weighted by Gasteiger charge is -2.04. The van der Waals surface area contributed by atoms with Crippen molar-refractivity contribution in [2.75, 3.05) is 21.3 Å². The third-order valence-electron chi connectivity index (χ3n) is 9.66. The van der Waals surface area contributed by atoms with Crippen LogP contribution in [0.1, 0.15) is 82.3 Å². The monoisotopic (exact) mass is 854 g/mol. The van der Waals surface area contributed by atoms with E-state index >= 15 is 0 Å². The molecule has 5 N–H and O–H groups in total. The van der Waals surface area contributed by atoms with Crippen molar-refractivity contribution in [3.05, 3.63) is 193 Å². The van der Waals surface area contributed by atoms with Crippen LogP contribution < -0.4 is 21.3 Å². The second-order valence-electron chi connectivity index (χ2n) is 15.0. The molecule has 0 aliphatic carbocycles. The van der Waals surface area contributed by atoms with E-state index in [9.17, 15) is 24.3 Å². The minimum atomic E-state index is -0.557. The number of nitrogens with one attached hydrogen (secondary N) is 4. The van der Waals surface area contributed by atoms with Crippen molar-refractivity contribution in [2.24, 2.45) is 0 Å². The largest absolute Gasteiger partial charge is 0.389 e. The van der Waals surface area contributed by atoms with Crippen LogP contribution in [0.4, 0.5) is 22.7 Å². The number of hydrogen-bond donors (Lipinski definition) is 5. The van der Waals surface area contributed by atoms with Crippen molar-refractivity contribution in [3.63, 3.8) is 0 Å². The number of amides is 4. The van der Waals surface area contributed by atoms with E-state index in [4.69, 9.17) is 0 Å². The molecule has 1 unspecified atom stereocenters. The number of aliphatic hydroxyl groups excluding tert-OH is 1. The molecule has 3 aromatic carbocycles. The van der Waals surface area contributed by atoms with Crippen LogP contribution in [0.5, 0.6) is 0 Å². The molecule has 6 heterocycles. The lowest BCUT2D eigenvalue weighted by atomic mass is 10.1. The quantitative estimate of drug-likeness (QED) is 0.0952. The Bertz CT molecular complexity index is 2920. The first-order valence-corrected chi connectivity index (χ1v) is 20.4. The van der Waals surface area contributed by atoms with Gasteiger partial charge in [0.15, 0.2) is 0 Å². The second kappa shape index (κ2) is 20.0. The summed E-state index contributed by atoms with van der Waals surface area (Å²) in [6.45, 7) is 7.42. The van der Waals surface area contributed by atoms with Crippen molar-refractivity contribution in [1.82, 2.24) is 28.2 Å². The Balaban J connectivity index is 0.000000144. The summed E-state index contributed by atoms with van der Waals surface area (Å²) in [5, 5.41) is 20.7. The van der Waals surface area contributed by atoms with Gasteiger partial charge in [0, 0.05) is 61.2 Å². The molecule has 0 aliphatic rings. The molecule has 4 amide bonds. The first-order valence-electron chi connectivity index (χ1n) is 20.4. The van der Waals surface area contributed by atoms with E-state index in [2.05, 4.69) is 50.1 Å². The second-order valence-corrected chi connectivity index (χ2v) is 15.0. The van der Waals surface area contributed by atoms with E-state index in [0.29, 0.717) is 45.7 Å². The maximum Gasteiger partial charge on any atom is 0.275 e. The predicted molar refractivity (Wildman–Crippen MR) is 248 cm³/mol. The number of carbonyl (C=O) groups is 4. The molecular formula is C49H46N10O5. The summed E-state index contributed by atoms with van der Waals surface area (Å²) < 4.78 is 5.34. The first-order chi connectivity index (χ1) is 30.9. The number of aliphatic hydroxyl groups is 1. The molecule has 9 aromatic rings. The summed E-state index contributed by atoms with van der Waals surface area (Å²) in [7, 11) is 0. The highest BCUT2D eigenvalue weighted by Crippen LogP contribution is 2.18. The Morgan fingerprint density at radius 2 is 0.797 bits per heavy atom. The van der Waals surface area contributed by atoms with Crippen molar-refractivity contribution in [3.8, 4) is 0 Å². The average molecular weight is 855 g/mol. The van der Waals surface area contributed by atoms with Crippen molar-refractivity contribution in [1.29, 1.82) is 0 Å². The summed E-state index contributed by atoms with van der Waals surface area (Å²) in [5.41, 5.74) is 7.97. The number of anilines is 4. The van der Waals surface area contributed by atoms with Crippen LogP contribution >= 0.6 is 0 Å². The van der Waals surface area contributed by atoms with Gasteiger partial charge in [-0.2, -0.15) is 0 Å². The van der Waals surface area contributed by atoms with Gasteiger partial charge in [0.1, 0.15) is 34.0 Å². The molecule has 0 bridgehead atoms. The van der Waals surface area contributed by atoms with Crippen LogP contribution in [-0.2, 0) is 4.79 Å². The third kappa shape index (κ3) is 11.3. The number of hydrogen-bond acceptors (Lipinski definition) is 8. The molecular weight excluding hydrogens is 809 g/mol. The summed E-state index contributed by atoms with van der Waals surface area (Å²) in [4.78, 5) is 60.5. The SMILES string of the molecule is CC(=O)Nc1ccc2nc(C(=O)Nc3ccccc3)cn2c1.CC(C)c1ccc2nc(C(=O)Nc3ccccc3)cn2c1.CC(O)c1ccc2nc(C(=O)Nc3ccccc3)cn2c1. The lowest BCUT2D eigenvalue weighted by molar-refractivity contribution is -0.114. The lowest BCUT2D eigenvalue weighted by Crippen LogP contribution is -2.11. The number of nitrogens with zero attached hydrogens (tertiary/aromatic N) is 6. The highest BCUT2D eigenvalue weighted by atomic mass is 16.3. The fraction of sp³-hybridized carbons (Fsp3) is 0.122. The van der Waals surface area contributed by atoms with E-state index < -0.39 is 6.10 Å². The van der Waals surface area contributed by atoms with Gasteiger partial charge in [-0.05, 0) is 84.6 Å². The number of para-hydroxylation sites is 3. The first kappa shape index (κ1) is 43.7. The van der Waals surface area contributed by atoms with Gasteiger partial charge in [0.25, 0.3) is 17.7 Å². The molecule has 0 fully saturated rings. The maximum atomic E-state index is 12.2. The van der Waals surface area contributed by atoms with E-state index in [1.54, 1.807) is 71.0 Å². The number of benzene rings is 3. The smallest absolute Gasteiger partial charge is 0.275 e. The van der Waals surface area contributed by atoms with Gasteiger partial charge in [-0.15, -0.1) is 0 Å². The van der Waals surface area contributed by atoms with Gasteiger partial charge < -0.3 is 39.6 Å². The molecule has 1 atom stereocenters. The van der Waals surface area contributed by atoms with Gasteiger partial charge in [0.05, 0.1) is 11.8 Å². The standard InChI is InChI=1S/C17H17N3O.C16H14N4O2.C16H15N3O2/c1-12(2)13-8-9-16-19-15(11-20(16)10-13)17(21)18-14-6-4-3-5-7-14;1-11(21)17-13-7-8-15-19-14(10-20(15)9-13)16(22)18-12-5-3-2-4-6-12;1-11(20)12-7-8-15-18-14(10-19(15)9-12)16(21)17-13-5-3-2-4-6-13/h3-12H,1-2H3,(H,18,21);2-10H,1H3,(H,17,21)(H,18,22);2-11,20H,1H3,(H,17,21). The predicted octanol–water partition coefficient (Wildman–Crippen LogP) is 8.89. The Morgan fingerprint density at radius 1 is 0.438 bits per heavy atom. The summed E-state index contributed by atoms with van der Waals surface area (Å²) in [5.74, 6) is -0.449. The zero-order valence-corrected chi connectivity index (χ0v) is 35.5. The van der Waals surface area contributed by atoms with E-state index in [1.807, 2.05) is 114 Å². The van der Waals surface area contributed by atoms with Crippen molar-refractivity contribution in [2.45, 2.75) is 39.7 Å². The van der Waals surface area contributed by atoms with Crippen LogP contribution in [0.15, 0.2) is 165 Å². The fourth-order valence-electron chi connectivity index (χ4n) is 6.35. The molecule has 15 heteroatoms. The average Bonchev–Trinajstić information content (AvgIpc) is 4.04. The molecule has 9 rings (SSSR count). The number of pyridine rings is 3. The van der Waals surface area contributed by atoms with Crippen LogP contribution in [0.25, 0.3) is 16.9 Å². The van der Waals surface area contributed by atoms with Crippen LogP contribution in [-0.4, -0.2) is 56.9 Å². The Kier molecular flexibility index (Phi) is 13.6. The fourth-order valence-corrected chi connectivity index (χ4v) is 6.35. The highest BCUT2D eigenvalue weighted by molar-refractivity contribution is 6.04. The zero-order valence-electron chi connectivity index (χ0n) is 35.5. The third-order valence-corrected chi connectivity index (χ3v) is 9.66. The minimum Gasteiger partial charge on any atom is -0.389 e. The molecule has 0 saturated heterocycles. The molecule has 6 aromatic heterocycles. The van der Waals surface area contributed by atoms with E-state index in [0.717, 1.165) is 22.6 Å². The van der Waals surface area contributed by atoms with Crippen molar-refractivity contribution >= 4 is 63.3 Å². The minimum absolute atomic E-state index is 0.151.